The number of hydrogen-bond acceptors (Lipinski definition) is 4. The molecule has 1 aromatic carbocycles. The Morgan fingerprint density at radius 1 is 1.03 bits per heavy atom. The third kappa shape index (κ3) is 6.13. The number of ketones is 1. The molecule has 4 atom stereocenters. The molecule has 30 heavy (non-hydrogen) atoms. The summed E-state index contributed by atoms with van der Waals surface area (Å²) >= 11 is 0. The molecule has 6 nitrogen and oxygen atoms in total. The van der Waals surface area contributed by atoms with E-state index < -0.39 is 11.9 Å². The van der Waals surface area contributed by atoms with Crippen LogP contribution in [0.3, 0.4) is 0 Å². The zero-order chi connectivity index (χ0) is 22.3. The second kappa shape index (κ2) is 10.9. The van der Waals surface area contributed by atoms with Crippen molar-refractivity contribution in [2.24, 2.45) is 5.92 Å². The predicted octanol–water partition coefficient (Wildman–Crippen LogP) is 4.02. The molecule has 0 radical (unpaired) electrons. The molecule has 2 unspecified atom stereocenters. The maximum Gasteiger partial charge on any atom is 0.328 e. The summed E-state index contributed by atoms with van der Waals surface area (Å²) in [5.74, 6) is -1.55. The van der Waals surface area contributed by atoms with Crippen molar-refractivity contribution in [1.29, 1.82) is 0 Å². The van der Waals surface area contributed by atoms with Crippen LogP contribution in [0.15, 0.2) is 43.0 Å². The van der Waals surface area contributed by atoms with Gasteiger partial charge in [0.1, 0.15) is 5.78 Å². The van der Waals surface area contributed by atoms with Crippen molar-refractivity contribution < 1.29 is 24.6 Å². The summed E-state index contributed by atoms with van der Waals surface area (Å²) in [7, 11) is 0. The first-order valence-electron chi connectivity index (χ1n) is 10.5. The van der Waals surface area contributed by atoms with Crippen LogP contribution in [0.5, 0.6) is 0 Å². The zero-order valence-electron chi connectivity index (χ0n) is 17.6. The molecule has 162 valence electrons. The van der Waals surface area contributed by atoms with E-state index in [-0.39, 0.29) is 5.92 Å². The fraction of sp³-hybridized carbons (Fsp3) is 0.458. The number of Topliss-reactive ketones (excluding diaryl/α,β-unsaturated/α-hetero) is 1. The van der Waals surface area contributed by atoms with Gasteiger partial charge < -0.3 is 15.5 Å². The van der Waals surface area contributed by atoms with Crippen molar-refractivity contribution in [2.45, 2.75) is 64.0 Å². The highest BCUT2D eigenvalue weighted by Gasteiger charge is 2.44. The van der Waals surface area contributed by atoms with Crippen molar-refractivity contribution in [2.75, 3.05) is 0 Å². The van der Waals surface area contributed by atoms with Crippen LogP contribution in [-0.2, 0) is 14.4 Å². The molecule has 2 aliphatic rings. The number of fused-ring (bicyclic) bond motifs is 2. The monoisotopic (exact) mass is 413 g/mol. The molecular weight excluding hydrogens is 382 g/mol. The van der Waals surface area contributed by atoms with E-state index in [9.17, 15) is 14.4 Å². The lowest BCUT2D eigenvalue weighted by Crippen LogP contribution is -2.47. The summed E-state index contributed by atoms with van der Waals surface area (Å²) in [4.78, 5) is 31.6. The molecule has 2 fully saturated rings. The lowest BCUT2D eigenvalue weighted by molar-refractivity contribution is -0.134. The Labute approximate surface area is 177 Å². The minimum Gasteiger partial charge on any atom is -0.478 e. The third-order valence-electron chi connectivity index (χ3n) is 5.94. The molecule has 0 aliphatic carbocycles. The first-order chi connectivity index (χ1) is 14.3. The van der Waals surface area contributed by atoms with Crippen LogP contribution in [0.4, 0.5) is 0 Å². The molecule has 3 N–H and O–H groups in total. The summed E-state index contributed by atoms with van der Waals surface area (Å²) in [6.07, 6.45) is 6.22. The van der Waals surface area contributed by atoms with Crippen molar-refractivity contribution in [3.63, 3.8) is 0 Å². The number of hydrogen-bond donors (Lipinski definition) is 3. The van der Waals surface area contributed by atoms with Gasteiger partial charge in [0.25, 0.3) is 0 Å². The molecule has 2 heterocycles. The lowest BCUT2D eigenvalue weighted by atomic mass is 9.74. The number of carboxylic acids is 2. The minimum atomic E-state index is -1.26. The van der Waals surface area contributed by atoms with Crippen molar-refractivity contribution in [3.05, 3.63) is 54.1 Å². The average Bonchev–Trinajstić information content (AvgIpc) is 3.12. The fourth-order valence-electron chi connectivity index (χ4n) is 4.39. The Morgan fingerprint density at radius 3 is 2.13 bits per heavy atom. The van der Waals surface area contributed by atoms with Crippen LogP contribution in [0.1, 0.15) is 63.0 Å². The number of nitrogens with one attached hydrogen (secondary N) is 1. The Balaban J connectivity index is 0.000000343. The van der Waals surface area contributed by atoms with Crippen LogP contribution < -0.4 is 5.32 Å². The number of carbonyl (C=O) groups is 3. The average molecular weight is 414 g/mol. The highest BCUT2D eigenvalue weighted by Crippen LogP contribution is 2.42. The first-order valence-corrected chi connectivity index (χ1v) is 10.5. The molecule has 0 aromatic heterocycles. The third-order valence-corrected chi connectivity index (χ3v) is 5.94. The topological polar surface area (TPSA) is 104 Å². The van der Waals surface area contributed by atoms with Gasteiger partial charge >= 0.3 is 11.9 Å². The van der Waals surface area contributed by atoms with E-state index >= 15 is 0 Å². The highest BCUT2D eigenvalue weighted by atomic mass is 16.4. The number of rotatable bonds is 7. The molecule has 2 bridgehead atoms. The van der Waals surface area contributed by atoms with Crippen LogP contribution in [0.25, 0.3) is 5.57 Å². The maximum absolute atomic E-state index is 12.5. The predicted molar refractivity (Wildman–Crippen MR) is 116 cm³/mol. The largest absolute Gasteiger partial charge is 0.478 e. The van der Waals surface area contributed by atoms with Gasteiger partial charge in [0.05, 0.1) is 0 Å². The molecule has 0 spiro atoms. The normalized spacial score (nSPS) is 24.7. The number of benzene rings is 1. The number of aliphatic carboxylic acids is 2. The Hall–Kier alpha value is -2.73. The van der Waals surface area contributed by atoms with E-state index in [2.05, 4.69) is 43.1 Å². The van der Waals surface area contributed by atoms with E-state index in [4.69, 9.17) is 10.2 Å². The molecule has 6 heteroatoms. The summed E-state index contributed by atoms with van der Waals surface area (Å²) in [6, 6.07) is 9.79. The molecule has 1 aromatic rings. The van der Waals surface area contributed by atoms with E-state index in [1.807, 2.05) is 6.92 Å². The van der Waals surface area contributed by atoms with Crippen LogP contribution in [0, 0.1) is 5.92 Å². The zero-order valence-corrected chi connectivity index (χ0v) is 17.6. The van der Waals surface area contributed by atoms with Gasteiger partial charge in [0, 0.05) is 36.6 Å². The SMILES string of the molecule is C=C(CC)c1ccc([C@H]2CC3CCC(N3)[C@H]2C(=O)CC)cc1.O=C(O)/C=C/C(=O)O. The molecule has 0 amide bonds. The van der Waals surface area contributed by atoms with Gasteiger partial charge in [-0.15, -0.1) is 0 Å². The van der Waals surface area contributed by atoms with E-state index in [1.54, 1.807) is 0 Å². The van der Waals surface area contributed by atoms with Crippen LogP contribution in [-0.4, -0.2) is 40.0 Å². The smallest absolute Gasteiger partial charge is 0.328 e. The van der Waals surface area contributed by atoms with Gasteiger partial charge in [0.2, 0.25) is 0 Å². The van der Waals surface area contributed by atoms with Crippen LogP contribution in [0.2, 0.25) is 0 Å². The number of carboxylic acid groups (broad SMARTS) is 2. The summed E-state index contributed by atoms with van der Waals surface area (Å²) in [5, 5.41) is 19.3. The van der Waals surface area contributed by atoms with Gasteiger partial charge in [-0.2, -0.15) is 0 Å². The molecular formula is C24H31NO5. The van der Waals surface area contributed by atoms with Crippen molar-refractivity contribution >= 4 is 23.3 Å². The van der Waals surface area contributed by atoms with Gasteiger partial charge in [-0.1, -0.05) is 44.7 Å². The molecule has 2 saturated heterocycles. The van der Waals surface area contributed by atoms with Crippen molar-refractivity contribution in [3.8, 4) is 0 Å². The molecule has 0 saturated carbocycles. The first kappa shape index (κ1) is 23.5. The van der Waals surface area contributed by atoms with Gasteiger partial charge in [-0.05, 0) is 48.3 Å². The number of allylic oxidation sites excluding steroid dienone is 1. The second-order valence-corrected chi connectivity index (χ2v) is 7.82. The minimum absolute atomic E-state index is 0.156. The molecule has 2 aliphatic heterocycles. The van der Waals surface area contributed by atoms with Gasteiger partial charge in [-0.3, -0.25) is 4.79 Å². The molecule has 3 rings (SSSR count). The lowest BCUT2D eigenvalue weighted by Gasteiger charge is -2.37. The Kier molecular flexibility index (Phi) is 8.54. The van der Waals surface area contributed by atoms with E-state index in [1.165, 1.54) is 23.1 Å². The van der Waals surface area contributed by atoms with Crippen molar-refractivity contribution in [1.82, 2.24) is 5.32 Å². The van der Waals surface area contributed by atoms with Crippen LogP contribution >= 0.6 is 0 Å². The van der Waals surface area contributed by atoms with Gasteiger partial charge in [0.15, 0.2) is 0 Å². The summed E-state index contributed by atoms with van der Waals surface area (Å²) in [5.41, 5.74) is 3.73. The maximum atomic E-state index is 12.5. The second-order valence-electron chi connectivity index (χ2n) is 7.82. The summed E-state index contributed by atoms with van der Waals surface area (Å²) < 4.78 is 0. The fourth-order valence-corrected chi connectivity index (χ4v) is 4.39. The van der Waals surface area contributed by atoms with E-state index in [0.717, 1.165) is 19.3 Å². The Bertz CT molecular complexity index is 795. The number of piperidine rings is 1. The summed E-state index contributed by atoms with van der Waals surface area (Å²) in [6.45, 7) is 8.24. The quantitative estimate of drug-likeness (QED) is 0.583. The van der Waals surface area contributed by atoms with Gasteiger partial charge in [-0.25, -0.2) is 9.59 Å². The van der Waals surface area contributed by atoms with E-state index in [0.29, 0.717) is 42.4 Å². The highest BCUT2D eigenvalue weighted by molar-refractivity contribution is 5.89. The Morgan fingerprint density at radius 2 is 1.63 bits per heavy atom. The standard InChI is InChI=1S/C20H27NO.C4H4O4/c1-4-13(3)14-6-8-15(9-7-14)17-12-16-10-11-18(21-16)20(17)19(22)5-2;5-3(6)1-2-4(7)8/h6-9,16-18,20-21H,3-5,10-12H2,1-2H3;1-2H,(H,5,6)(H,7,8)/b;2-1+/t16?,17-,18?,20+;/m1./s1. The number of carbonyl (C=O) groups excluding carboxylic acids is 1.